The topological polar surface area (TPSA) is 29.1 Å². The predicted octanol–water partition coefficient (Wildman–Crippen LogP) is 1.60. The Labute approximate surface area is 74.7 Å². The lowest BCUT2D eigenvalue weighted by Crippen LogP contribution is -2.47. The van der Waals surface area contributed by atoms with Crippen molar-refractivity contribution in [1.29, 1.82) is 0 Å². The highest BCUT2D eigenvalue weighted by Gasteiger charge is 2.43. The molecule has 2 heteroatoms. The van der Waals surface area contributed by atoms with Crippen LogP contribution in [0.15, 0.2) is 0 Å². The maximum atomic E-state index is 11.8. The molecule has 0 aromatic carbocycles. The standard InChI is InChI=1S/C10H19NO/c1-8(2)9(12)10(7-11-3)5-4-6-10/h8,11H,4-7H2,1-3H3. The molecule has 1 N–H and O–H groups in total. The fourth-order valence-electron chi connectivity index (χ4n) is 2.06. The molecule has 0 heterocycles. The minimum Gasteiger partial charge on any atom is -0.319 e. The summed E-state index contributed by atoms with van der Waals surface area (Å²) in [6.45, 7) is 4.86. The Hall–Kier alpha value is -0.370. The fraction of sp³-hybridized carbons (Fsp3) is 0.900. The third-order valence-electron chi connectivity index (χ3n) is 2.87. The zero-order valence-electron chi connectivity index (χ0n) is 8.31. The molecule has 0 spiro atoms. The van der Waals surface area contributed by atoms with Gasteiger partial charge in [0, 0.05) is 17.9 Å². The zero-order valence-corrected chi connectivity index (χ0v) is 8.31. The third-order valence-corrected chi connectivity index (χ3v) is 2.87. The second-order valence-electron chi connectivity index (χ2n) is 4.18. The summed E-state index contributed by atoms with van der Waals surface area (Å²) >= 11 is 0. The fourth-order valence-corrected chi connectivity index (χ4v) is 2.06. The van der Waals surface area contributed by atoms with Crippen LogP contribution in [0.5, 0.6) is 0 Å². The predicted molar refractivity (Wildman–Crippen MR) is 50.1 cm³/mol. The Kier molecular flexibility index (Phi) is 2.89. The first-order chi connectivity index (χ1) is 5.62. The van der Waals surface area contributed by atoms with E-state index in [-0.39, 0.29) is 11.3 Å². The SMILES string of the molecule is CNCC1(C(=O)C(C)C)CCC1. The summed E-state index contributed by atoms with van der Waals surface area (Å²) in [7, 11) is 1.92. The highest BCUT2D eigenvalue weighted by Crippen LogP contribution is 2.42. The molecule has 12 heavy (non-hydrogen) atoms. The van der Waals surface area contributed by atoms with E-state index >= 15 is 0 Å². The Morgan fingerprint density at radius 2 is 2.08 bits per heavy atom. The van der Waals surface area contributed by atoms with E-state index in [0.29, 0.717) is 5.78 Å². The van der Waals surface area contributed by atoms with Gasteiger partial charge in [-0.25, -0.2) is 0 Å². The highest BCUT2D eigenvalue weighted by molar-refractivity contribution is 5.87. The lowest BCUT2D eigenvalue weighted by molar-refractivity contribution is -0.136. The lowest BCUT2D eigenvalue weighted by Gasteiger charge is -2.41. The molecule has 0 bridgehead atoms. The van der Waals surface area contributed by atoms with Crippen molar-refractivity contribution in [1.82, 2.24) is 5.32 Å². The summed E-state index contributed by atoms with van der Waals surface area (Å²) in [4.78, 5) is 11.8. The maximum Gasteiger partial charge on any atom is 0.142 e. The van der Waals surface area contributed by atoms with Crippen molar-refractivity contribution in [3.05, 3.63) is 0 Å². The smallest absolute Gasteiger partial charge is 0.142 e. The minimum atomic E-state index is 0.00289. The second-order valence-corrected chi connectivity index (χ2v) is 4.18. The van der Waals surface area contributed by atoms with Crippen molar-refractivity contribution in [2.24, 2.45) is 11.3 Å². The van der Waals surface area contributed by atoms with E-state index in [1.54, 1.807) is 0 Å². The molecular formula is C10H19NO. The van der Waals surface area contributed by atoms with Gasteiger partial charge in [0.2, 0.25) is 0 Å². The largest absolute Gasteiger partial charge is 0.319 e. The van der Waals surface area contributed by atoms with Gasteiger partial charge in [0.25, 0.3) is 0 Å². The molecule has 0 saturated heterocycles. The summed E-state index contributed by atoms with van der Waals surface area (Å²) < 4.78 is 0. The van der Waals surface area contributed by atoms with Crippen molar-refractivity contribution in [3.8, 4) is 0 Å². The maximum absolute atomic E-state index is 11.8. The molecule has 0 radical (unpaired) electrons. The van der Waals surface area contributed by atoms with Gasteiger partial charge in [-0.1, -0.05) is 20.3 Å². The zero-order chi connectivity index (χ0) is 9.19. The van der Waals surface area contributed by atoms with Crippen molar-refractivity contribution >= 4 is 5.78 Å². The molecule has 70 valence electrons. The molecule has 1 rings (SSSR count). The first kappa shape index (κ1) is 9.72. The van der Waals surface area contributed by atoms with Gasteiger partial charge < -0.3 is 5.32 Å². The van der Waals surface area contributed by atoms with Crippen LogP contribution >= 0.6 is 0 Å². The van der Waals surface area contributed by atoms with Gasteiger partial charge in [-0.3, -0.25) is 4.79 Å². The van der Waals surface area contributed by atoms with Crippen LogP contribution in [0.2, 0.25) is 0 Å². The Morgan fingerprint density at radius 1 is 1.50 bits per heavy atom. The Bertz CT molecular complexity index is 171. The molecule has 1 saturated carbocycles. The van der Waals surface area contributed by atoms with Crippen molar-refractivity contribution < 1.29 is 4.79 Å². The van der Waals surface area contributed by atoms with E-state index in [4.69, 9.17) is 0 Å². The third kappa shape index (κ3) is 1.53. The van der Waals surface area contributed by atoms with Crippen molar-refractivity contribution in [2.75, 3.05) is 13.6 Å². The first-order valence-electron chi connectivity index (χ1n) is 4.81. The number of ketones is 1. The summed E-state index contributed by atoms with van der Waals surface area (Å²) in [6, 6.07) is 0. The van der Waals surface area contributed by atoms with Gasteiger partial charge in [0.05, 0.1) is 0 Å². The normalized spacial score (nSPS) is 20.7. The molecule has 0 aliphatic heterocycles. The summed E-state index contributed by atoms with van der Waals surface area (Å²) in [5, 5.41) is 3.13. The highest BCUT2D eigenvalue weighted by atomic mass is 16.1. The Balaban J connectivity index is 2.60. The van der Waals surface area contributed by atoms with Gasteiger partial charge in [-0.05, 0) is 19.9 Å². The van der Waals surface area contributed by atoms with Gasteiger partial charge in [-0.15, -0.1) is 0 Å². The van der Waals surface area contributed by atoms with Crippen molar-refractivity contribution in [2.45, 2.75) is 33.1 Å². The summed E-state index contributed by atoms with van der Waals surface area (Å²) in [5.41, 5.74) is 0.00289. The van der Waals surface area contributed by atoms with Crippen LogP contribution in [0.3, 0.4) is 0 Å². The van der Waals surface area contributed by atoms with Crippen LogP contribution in [0, 0.1) is 11.3 Å². The number of carbonyl (C=O) groups is 1. The first-order valence-corrected chi connectivity index (χ1v) is 4.81. The summed E-state index contributed by atoms with van der Waals surface area (Å²) in [6.07, 6.45) is 3.40. The van der Waals surface area contributed by atoms with E-state index in [2.05, 4.69) is 5.32 Å². The molecule has 0 aromatic rings. The monoisotopic (exact) mass is 169 g/mol. The Morgan fingerprint density at radius 3 is 2.33 bits per heavy atom. The molecule has 0 unspecified atom stereocenters. The molecule has 0 aromatic heterocycles. The number of carbonyl (C=O) groups excluding carboxylic acids is 1. The van der Waals surface area contributed by atoms with Crippen LogP contribution in [0.25, 0.3) is 0 Å². The van der Waals surface area contributed by atoms with E-state index in [1.165, 1.54) is 6.42 Å². The van der Waals surface area contributed by atoms with Crippen LogP contribution < -0.4 is 5.32 Å². The van der Waals surface area contributed by atoms with Gasteiger partial charge in [0.15, 0.2) is 0 Å². The molecule has 0 atom stereocenters. The lowest BCUT2D eigenvalue weighted by atomic mass is 9.63. The molecule has 1 aliphatic carbocycles. The van der Waals surface area contributed by atoms with E-state index in [9.17, 15) is 4.79 Å². The van der Waals surface area contributed by atoms with E-state index in [1.807, 2.05) is 20.9 Å². The number of hydrogen-bond donors (Lipinski definition) is 1. The van der Waals surface area contributed by atoms with Gasteiger partial charge >= 0.3 is 0 Å². The van der Waals surface area contributed by atoms with E-state index < -0.39 is 0 Å². The molecule has 1 fully saturated rings. The summed E-state index contributed by atoms with van der Waals surface area (Å²) in [5.74, 6) is 0.641. The molecular weight excluding hydrogens is 150 g/mol. The van der Waals surface area contributed by atoms with Crippen molar-refractivity contribution in [3.63, 3.8) is 0 Å². The van der Waals surface area contributed by atoms with Crippen LogP contribution in [0.4, 0.5) is 0 Å². The van der Waals surface area contributed by atoms with Crippen LogP contribution in [0.1, 0.15) is 33.1 Å². The average molecular weight is 169 g/mol. The second kappa shape index (κ2) is 3.56. The van der Waals surface area contributed by atoms with Crippen LogP contribution in [-0.4, -0.2) is 19.4 Å². The molecule has 2 nitrogen and oxygen atoms in total. The number of nitrogens with one attached hydrogen (secondary N) is 1. The van der Waals surface area contributed by atoms with Gasteiger partial charge in [0.1, 0.15) is 5.78 Å². The van der Waals surface area contributed by atoms with Gasteiger partial charge in [-0.2, -0.15) is 0 Å². The number of Topliss-reactive ketones (excluding diaryl/α,β-unsaturated/α-hetero) is 1. The minimum absolute atomic E-state index is 0.00289. The quantitative estimate of drug-likeness (QED) is 0.692. The van der Waals surface area contributed by atoms with E-state index in [0.717, 1.165) is 19.4 Å². The number of rotatable bonds is 4. The average Bonchev–Trinajstić information content (AvgIpc) is 1.95. The number of hydrogen-bond acceptors (Lipinski definition) is 2. The molecule has 0 amide bonds. The molecule has 1 aliphatic rings. The van der Waals surface area contributed by atoms with Crippen LogP contribution in [-0.2, 0) is 4.79 Å².